The Morgan fingerprint density at radius 2 is 1.95 bits per heavy atom. The summed E-state index contributed by atoms with van der Waals surface area (Å²) in [6.45, 7) is 16.4. The first kappa shape index (κ1) is 17.3. The van der Waals surface area contributed by atoms with Crippen molar-refractivity contribution in [2.75, 3.05) is 0 Å². The monoisotopic (exact) mass is 298 g/mol. The van der Waals surface area contributed by atoms with Gasteiger partial charge in [-0.2, -0.15) is 0 Å². The molecule has 0 N–H and O–H groups in total. The highest BCUT2D eigenvalue weighted by Crippen LogP contribution is 2.60. The molecular formula is C22H34. The first-order chi connectivity index (χ1) is 10.3. The summed E-state index contributed by atoms with van der Waals surface area (Å²) in [7, 11) is 0. The molecule has 1 aliphatic carbocycles. The Kier molecular flexibility index (Phi) is 5.20. The Bertz CT molecular complexity index is 500. The first-order valence-electron chi connectivity index (χ1n) is 9.03. The van der Waals surface area contributed by atoms with Gasteiger partial charge in [0.25, 0.3) is 0 Å². The molecule has 1 aromatic carbocycles. The second-order valence-electron chi connectivity index (χ2n) is 8.10. The average molecular weight is 299 g/mol. The van der Waals surface area contributed by atoms with Crippen LogP contribution in [0.4, 0.5) is 0 Å². The molecule has 4 atom stereocenters. The van der Waals surface area contributed by atoms with E-state index in [4.69, 9.17) is 0 Å². The zero-order valence-corrected chi connectivity index (χ0v) is 15.3. The van der Waals surface area contributed by atoms with Crippen molar-refractivity contribution in [1.29, 1.82) is 0 Å². The van der Waals surface area contributed by atoms with Gasteiger partial charge in [-0.1, -0.05) is 76.6 Å². The van der Waals surface area contributed by atoms with E-state index in [0.717, 1.165) is 5.92 Å². The normalized spacial score (nSPS) is 31.0. The predicted molar refractivity (Wildman–Crippen MR) is 98.0 cm³/mol. The largest absolute Gasteiger partial charge is 0.0999 e. The van der Waals surface area contributed by atoms with Crippen LogP contribution in [0.2, 0.25) is 0 Å². The van der Waals surface area contributed by atoms with E-state index >= 15 is 0 Å². The lowest BCUT2D eigenvalue weighted by molar-refractivity contribution is 0.0158. The van der Waals surface area contributed by atoms with Gasteiger partial charge in [-0.25, -0.2) is 0 Å². The number of allylic oxidation sites excluding steroid dienone is 1. The molecule has 1 saturated carbocycles. The van der Waals surface area contributed by atoms with Crippen molar-refractivity contribution in [3.63, 3.8) is 0 Å². The quantitative estimate of drug-likeness (QED) is 0.515. The van der Waals surface area contributed by atoms with Crippen LogP contribution >= 0.6 is 0 Å². The maximum absolute atomic E-state index is 4.25. The Balaban J connectivity index is 2.16. The Morgan fingerprint density at radius 3 is 2.45 bits per heavy atom. The predicted octanol–water partition coefficient (Wildman–Crippen LogP) is 6.66. The summed E-state index contributed by atoms with van der Waals surface area (Å²) < 4.78 is 0. The average Bonchev–Trinajstić information content (AvgIpc) is 2.83. The van der Waals surface area contributed by atoms with Crippen LogP contribution in [0.5, 0.6) is 0 Å². The highest BCUT2D eigenvalue weighted by Gasteiger charge is 2.52. The molecule has 0 bridgehead atoms. The third kappa shape index (κ3) is 3.03. The molecule has 0 nitrogen and oxygen atoms in total. The molecular weight excluding hydrogens is 264 g/mol. The van der Waals surface area contributed by atoms with Crippen molar-refractivity contribution in [3.05, 3.63) is 48.0 Å². The number of rotatable bonds is 6. The van der Waals surface area contributed by atoms with E-state index in [2.05, 4.69) is 71.5 Å². The Labute approximate surface area is 138 Å². The molecule has 1 fully saturated rings. The van der Waals surface area contributed by atoms with Gasteiger partial charge in [0, 0.05) is 0 Å². The molecule has 4 unspecified atom stereocenters. The second kappa shape index (κ2) is 6.60. The van der Waals surface area contributed by atoms with E-state index in [0.29, 0.717) is 16.7 Å². The molecule has 1 aliphatic rings. The molecule has 0 aliphatic heterocycles. The highest BCUT2D eigenvalue weighted by molar-refractivity contribution is 5.16. The topological polar surface area (TPSA) is 0 Å². The second-order valence-corrected chi connectivity index (χ2v) is 8.10. The maximum atomic E-state index is 4.25. The minimum Gasteiger partial charge on any atom is -0.0999 e. The minimum absolute atomic E-state index is 0.409. The third-order valence-corrected chi connectivity index (χ3v) is 7.18. The van der Waals surface area contributed by atoms with E-state index in [1.807, 2.05) is 0 Å². The molecule has 0 radical (unpaired) electrons. The van der Waals surface area contributed by atoms with E-state index in [1.165, 1.54) is 43.2 Å². The van der Waals surface area contributed by atoms with Gasteiger partial charge in [0.1, 0.15) is 0 Å². The van der Waals surface area contributed by atoms with E-state index in [9.17, 15) is 0 Å². The molecule has 0 spiro atoms. The van der Waals surface area contributed by atoms with E-state index < -0.39 is 0 Å². The standard InChI is InChI=1S/C22H34/c1-7-21(5,15-13-19-11-9-8-10-12-19)22(6)16-14-20(17(2)3)18(22)4/h8-12,18,20H,2,7,13-16H2,1,3-6H3. The summed E-state index contributed by atoms with van der Waals surface area (Å²) >= 11 is 0. The lowest BCUT2D eigenvalue weighted by atomic mass is 9.56. The van der Waals surface area contributed by atoms with Crippen molar-refractivity contribution >= 4 is 0 Å². The van der Waals surface area contributed by atoms with Gasteiger partial charge in [-0.15, -0.1) is 0 Å². The number of hydrogen-bond acceptors (Lipinski definition) is 0. The zero-order chi connectivity index (χ0) is 16.4. The molecule has 0 saturated heterocycles. The van der Waals surface area contributed by atoms with Gasteiger partial charge < -0.3 is 0 Å². The maximum Gasteiger partial charge on any atom is -0.0177 e. The van der Waals surface area contributed by atoms with Crippen LogP contribution in [-0.2, 0) is 6.42 Å². The van der Waals surface area contributed by atoms with Crippen molar-refractivity contribution in [2.24, 2.45) is 22.7 Å². The van der Waals surface area contributed by atoms with Crippen LogP contribution in [0, 0.1) is 22.7 Å². The lowest BCUT2D eigenvalue weighted by Gasteiger charge is -2.48. The van der Waals surface area contributed by atoms with Crippen LogP contribution in [-0.4, -0.2) is 0 Å². The Morgan fingerprint density at radius 1 is 1.32 bits per heavy atom. The summed E-state index contributed by atoms with van der Waals surface area (Å²) in [4.78, 5) is 0. The summed E-state index contributed by atoms with van der Waals surface area (Å²) in [6.07, 6.45) is 6.44. The molecule has 0 aromatic heterocycles. The third-order valence-electron chi connectivity index (χ3n) is 7.18. The number of benzene rings is 1. The van der Waals surface area contributed by atoms with Crippen LogP contribution in [0.1, 0.15) is 65.9 Å². The molecule has 122 valence electrons. The van der Waals surface area contributed by atoms with E-state index in [1.54, 1.807) is 0 Å². The summed E-state index contributed by atoms with van der Waals surface area (Å²) in [5, 5.41) is 0. The van der Waals surface area contributed by atoms with Gasteiger partial charge in [0.05, 0.1) is 0 Å². The minimum atomic E-state index is 0.409. The van der Waals surface area contributed by atoms with Crippen LogP contribution in [0.3, 0.4) is 0 Å². The number of aryl methyl sites for hydroxylation is 1. The molecule has 1 aromatic rings. The summed E-state index contributed by atoms with van der Waals surface area (Å²) in [6, 6.07) is 11.0. The fraction of sp³-hybridized carbons (Fsp3) is 0.636. The fourth-order valence-corrected chi connectivity index (χ4v) is 4.83. The van der Waals surface area contributed by atoms with Crippen LogP contribution < -0.4 is 0 Å². The summed E-state index contributed by atoms with van der Waals surface area (Å²) in [5.74, 6) is 1.46. The smallest absolute Gasteiger partial charge is 0.0177 e. The van der Waals surface area contributed by atoms with Crippen molar-refractivity contribution in [3.8, 4) is 0 Å². The van der Waals surface area contributed by atoms with Crippen LogP contribution in [0.15, 0.2) is 42.5 Å². The number of hydrogen-bond donors (Lipinski definition) is 0. The van der Waals surface area contributed by atoms with Gasteiger partial charge in [0.15, 0.2) is 0 Å². The van der Waals surface area contributed by atoms with Crippen LogP contribution in [0.25, 0.3) is 0 Å². The van der Waals surface area contributed by atoms with Gasteiger partial charge in [0.2, 0.25) is 0 Å². The highest BCUT2D eigenvalue weighted by atomic mass is 14.6. The van der Waals surface area contributed by atoms with Gasteiger partial charge >= 0.3 is 0 Å². The fourth-order valence-electron chi connectivity index (χ4n) is 4.83. The zero-order valence-electron chi connectivity index (χ0n) is 15.3. The van der Waals surface area contributed by atoms with Crippen molar-refractivity contribution in [2.45, 2.75) is 66.7 Å². The van der Waals surface area contributed by atoms with Crippen molar-refractivity contribution < 1.29 is 0 Å². The van der Waals surface area contributed by atoms with Crippen molar-refractivity contribution in [1.82, 2.24) is 0 Å². The summed E-state index contributed by atoms with van der Waals surface area (Å²) in [5.41, 5.74) is 3.71. The lowest BCUT2D eigenvalue weighted by Crippen LogP contribution is -2.41. The molecule has 2 rings (SSSR count). The molecule has 22 heavy (non-hydrogen) atoms. The Hall–Kier alpha value is -1.04. The van der Waals surface area contributed by atoms with Gasteiger partial charge in [-0.3, -0.25) is 0 Å². The molecule has 0 heteroatoms. The molecule has 0 amide bonds. The first-order valence-corrected chi connectivity index (χ1v) is 9.03. The van der Waals surface area contributed by atoms with Gasteiger partial charge in [-0.05, 0) is 60.8 Å². The SMILES string of the molecule is C=C(C)C1CCC(C)(C(C)(CC)CCc2ccccc2)C1C. The molecule has 0 heterocycles. The van der Waals surface area contributed by atoms with E-state index in [-0.39, 0.29) is 0 Å².